The van der Waals surface area contributed by atoms with E-state index in [-0.39, 0.29) is 22.9 Å². The molecule has 1 heterocycles. The lowest BCUT2D eigenvalue weighted by Crippen LogP contribution is -2.47. The number of ether oxygens (including phenoxy) is 1. The van der Waals surface area contributed by atoms with Gasteiger partial charge in [-0.05, 0) is 25.1 Å². The Labute approximate surface area is 124 Å². The third kappa shape index (κ3) is 2.86. The number of nitrogens with zero attached hydrogens (tertiary/aromatic N) is 1. The molecule has 0 radical (unpaired) electrons. The Morgan fingerprint density at radius 3 is 2.70 bits per heavy atom. The summed E-state index contributed by atoms with van der Waals surface area (Å²) in [5.74, 6) is -1.71. The number of hydrogen-bond acceptors (Lipinski definition) is 5. The number of aliphatic carboxylic acids is 1. The van der Waals surface area contributed by atoms with Gasteiger partial charge in [0.2, 0.25) is 0 Å². The van der Waals surface area contributed by atoms with Gasteiger partial charge in [0.15, 0.2) is 5.54 Å². The van der Waals surface area contributed by atoms with E-state index in [1.165, 1.54) is 25.1 Å². The molecule has 20 heavy (non-hydrogen) atoms. The van der Waals surface area contributed by atoms with Gasteiger partial charge in [0, 0.05) is 11.4 Å². The first-order valence-electron chi connectivity index (χ1n) is 5.56. The minimum atomic E-state index is -1.24. The molecule has 0 saturated heterocycles. The van der Waals surface area contributed by atoms with E-state index in [4.69, 9.17) is 33.0 Å². The number of nitrogens with one attached hydrogen (secondary N) is 1. The molecule has 0 unspecified atom stereocenters. The van der Waals surface area contributed by atoms with Gasteiger partial charge in [-0.3, -0.25) is 5.43 Å². The van der Waals surface area contributed by atoms with Crippen molar-refractivity contribution >= 4 is 40.9 Å². The largest absolute Gasteiger partial charge is 0.477 e. The number of carboxylic acid groups (broad SMARTS) is 1. The summed E-state index contributed by atoms with van der Waals surface area (Å²) in [7, 11) is 0. The maximum absolute atomic E-state index is 12.1. The smallest absolute Gasteiger partial charge is 0.352 e. The summed E-state index contributed by atoms with van der Waals surface area (Å²) in [4.78, 5) is 22.9. The quantitative estimate of drug-likeness (QED) is 0.658. The number of esters is 1. The van der Waals surface area contributed by atoms with Crippen molar-refractivity contribution in [2.24, 2.45) is 5.10 Å². The summed E-state index contributed by atoms with van der Waals surface area (Å²) in [6, 6.07) is 4.43. The van der Waals surface area contributed by atoms with E-state index >= 15 is 0 Å². The lowest BCUT2D eigenvalue weighted by atomic mass is 9.97. The first-order valence-corrected chi connectivity index (χ1v) is 6.32. The minimum Gasteiger partial charge on any atom is -0.477 e. The van der Waals surface area contributed by atoms with E-state index in [1.54, 1.807) is 0 Å². The van der Waals surface area contributed by atoms with Crippen LogP contribution in [0.4, 0.5) is 0 Å². The van der Waals surface area contributed by atoms with Crippen LogP contribution >= 0.6 is 23.2 Å². The zero-order valence-electron chi connectivity index (χ0n) is 10.3. The number of benzene rings is 1. The Kier molecular flexibility index (Phi) is 3.87. The Morgan fingerprint density at radius 2 is 2.15 bits per heavy atom. The van der Waals surface area contributed by atoms with E-state index in [1.807, 2.05) is 0 Å². The molecule has 8 heteroatoms. The second kappa shape index (κ2) is 5.30. The maximum atomic E-state index is 12.1. The zero-order chi connectivity index (χ0) is 14.9. The van der Waals surface area contributed by atoms with E-state index in [2.05, 4.69) is 10.5 Å². The number of carbonyl (C=O) groups is 2. The maximum Gasteiger partial charge on any atom is 0.352 e. The molecule has 1 atom stereocenters. The van der Waals surface area contributed by atoms with Gasteiger partial charge >= 0.3 is 11.9 Å². The van der Waals surface area contributed by atoms with Crippen molar-refractivity contribution in [2.75, 3.05) is 0 Å². The number of carbonyl (C=O) groups excluding carboxylic acids is 1. The average molecular weight is 317 g/mol. The van der Waals surface area contributed by atoms with Crippen molar-refractivity contribution in [3.63, 3.8) is 0 Å². The molecule has 106 valence electrons. The summed E-state index contributed by atoms with van der Waals surface area (Å²) in [6.07, 6.45) is -0.0770. The van der Waals surface area contributed by atoms with Crippen molar-refractivity contribution in [3.05, 3.63) is 28.2 Å². The van der Waals surface area contributed by atoms with Gasteiger partial charge in [0.25, 0.3) is 0 Å². The predicted molar refractivity (Wildman–Crippen MR) is 73.3 cm³/mol. The molecule has 2 rings (SSSR count). The van der Waals surface area contributed by atoms with Crippen LogP contribution < -0.4 is 10.2 Å². The van der Waals surface area contributed by atoms with Gasteiger partial charge in [-0.1, -0.05) is 23.2 Å². The van der Waals surface area contributed by atoms with E-state index < -0.39 is 17.5 Å². The molecule has 1 aromatic carbocycles. The molecular weight excluding hydrogens is 307 g/mol. The molecular formula is C12H10Cl2N2O4. The molecule has 0 fully saturated rings. The van der Waals surface area contributed by atoms with Crippen molar-refractivity contribution < 1.29 is 19.4 Å². The van der Waals surface area contributed by atoms with Crippen molar-refractivity contribution in [3.8, 4) is 5.75 Å². The highest BCUT2D eigenvalue weighted by atomic mass is 35.5. The topological polar surface area (TPSA) is 88.0 Å². The Balaban J connectivity index is 2.11. The fourth-order valence-electron chi connectivity index (χ4n) is 1.62. The molecule has 0 spiro atoms. The van der Waals surface area contributed by atoms with Crippen LogP contribution in [0.3, 0.4) is 0 Å². The van der Waals surface area contributed by atoms with E-state index in [0.29, 0.717) is 5.02 Å². The van der Waals surface area contributed by atoms with Crippen LogP contribution in [0.1, 0.15) is 13.3 Å². The minimum absolute atomic E-state index is 0.0770. The van der Waals surface area contributed by atoms with Gasteiger partial charge in [-0.2, -0.15) is 5.10 Å². The standard InChI is InChI=1S/C12H10Cl2N2O4/c1-12(5-8(10(17)18)15-16-12)11(19)20-9-3-2-6(13)4-7(9)14/h2-4,16H,5H2,1H3,(H,17,18)/t12-/m1/s1. The van der Waals surface area contributed by atoms with E-state index in [0.717, 1.165) is 0 Å². The molecule has 1 aliphatic heterocycles. The molecule has 6 nitrogen and oxygen atoms in total. The van der Waals surface area contributed by atoms with Gasteiger partial charge < -0.3 is 9.84 Å². The summed E-state index contributed by atoms with van der Waals surface area (Å²) in [5.41, 5.74) is 1.11. The first kappa shape index (κ1) is 14.6. The summed E-state index contributed by atoms with van der Waals surface area (Å²) in [6.45, 7) is 1.50. The number of halogens is 2. The third-order valence-electron chi connectivity index (χ3n) is 2.75. The van der Waals surface area contributed by atoms with Crippen LogP contribution in [0.5, 0.6) is 5.75 Å². The van der Waals surface area contributed by atoms with Crippen LogP contribution in [0.25, 0.3) is 0 Å². The lowest BCUT2D eigenvalue weighted by Gasteiger charge is -2.21. The SMILES string of the molecule is C[C@]1(C(=O)Oc2ccc(Cl)cc2Cl)CC(C(=O)O)=NN1. The summed E-state index contributed by atoms with van der Waals surface area (Å²) in [5, 5.41) is 13.0. The van der Waals surface area contributed by atoms with Gasteiger partial charge in [0.1, 0.15) is 11.5 Å². The third-order valence-corrected chi connectivity index (χ3v) is 3.28. The molecule has 0 aromatic heterocycles. The Bertz CT molecular complexity index is 617. The highest BCUT2D eigenvalue weighted by Gasteiger charge is 2.42. The van der Waals surface area contributed by atoms with Gasteiger partial charge in [-0.25, -0.2) is 9.59 Å². The summed E-state index contributed by atoms with van der Waals surface area (Å²) >= 11 is 11.6. The van der Waals surface area contributed by atoms with Crippen molar-refractivity contribution in [2.45, 2.75) is 18.9 Å². The lowest BCUT2D eigenvalue weighted by molar-refractivity contribution is -0.140. The van der Waals surface area contributed by atoms with Crippen molar-refractivity contribution in [1.82, 2.24) is 5.43 Å². The number of carboxylic acids is 1. The number of hydrazone groups is 1. The van der Waals surface area contributed by atoms with Crippen LogP contribution in [0, 0.1) is 0 Å². The molecule has 0 bridgehead atoms. The number of hydrogen-bond donors (Lipinski definition) is 2. The molecule has 0 aliphatic carbocycles. The van der Waals surface area contributed by atoms with Gasteiger partial charge in [0.05, 0.1) is 5.02 Å². The highest BCUT2D eigenvalue weighted by molar-refractivity contribution is 6.37. The monoisotopic (exact) mass is 316 g/mol. The van der Waals surface area contributed by atoms with E-state index in [9.17, 15) is 9.59 Å². The molecule has 2 N–H and O–H groups in total. The predicted octanol–water partition coefficient (Wildman–Crippen LogP) is 2.09. The normalized spacial score (nSPS) is 21.1. The van der Waals surface area contributed by atoms with Crippen LogP contribution in [0.2, 0.25) is 10.0 Å². The molecule has 0 saturated carbocycles. The average Bonchev–Trinajstić information content (AvgIpc) is 2.77. The van der Waals surface area contributed by atoms with Crippen LogP contribution in [0.15, 0.2) is 23.3 Å². The second-order valence-electron chi connectivity index (χ2n) is 4.45. The number of rotatable bonds is 3. The Morgan fingerprint density at radius 1 is 1.45 bits per heavy atom. The first-order chi connectivity index (χ1) is 9.32. The molecule has 0 amide bonds. The van der Waals surface area contributed by atoms with Crippen molar-refractivity contribution in [1.29, 1.82) is 0 Å². The van der Waals surface area contributed by atoms with Crippen LogP contribution in [-0.2, 0) is 9.59 Å². The Hall–Kier alpha value is -1.79. The zero-order valence-corrected chi connectivity index (χ0v) is 11.8. The molecule has 1 aliphatic rings. The fraction of sp³-hybridized carbons (Fsp3) is 0.250. The fourth-order valence-corrected chi connectivity index (χ4v) is 2.06. The van der Waals surface area contributed by atoms with Crippen LogP contribution in [-0.4, -0.2) is 28.3 Å². The summed E-state index contributed by atoms with van der Waals surface area (Å²) < 4.78 is 5.16. The van der Waals surface area contributed by atoms with Gasteiger partial charge in [-0.15, -0.1) is 0 Å². The second-order valence-corrected chi connectivity index (χ2v) is 5.29. The molecule has 1 aromatic rings. The highest BCUT2D eigenvalue weighted by Crippen LogP contribution is 2.29.